The van der Waals surface area contributed by atoms with Gasteiger partial charge in [0.05, 0.1) is 11.4 Å². The quantitative estimate of drug-likeness (QED) is 0.836. The van der Waals surface area contributed by atoms with Crippen molar-refractivity contribution in [1.29, 1.82) is 0 Å². The van der Waals surface area contributed by atoms with Crippen LogP contribution in [0.2, 0.25) is 0 Å². The van der Waals surface area contributed by atoms with Crippen molar-refractivity contribution < 1.29 is 4.79 Å². The number of carbonyl (C=O) groups is 1. The number of amides is 1. The first kappa shape index (κ1) is 14.1. The molecule has 0 aliphatic rings. The highest BCUT2D eigenvalue weighted by molar-refractivity contribution is 5.99. The van der Waals surface area contributed by atoms with E-state index < -0.39 is 0 Å². The second-order valence-corrected chi connectivity index (χ2v) is 4.84. The predicted octanol–water partition coefficient (Wildman–Crippen LogP) is 2.10. The lowest BCUT2D eigenvalue weighted by Crippen LogP contribution is -2.38. The Morgan fingerprint density at radius 1 is 1.45 bits per heavy atom. The van der Waals surface area contributed by atoms with Gasteiger partial charge >= 0.3 is 0 Å². The second kappa shape index (κ2) is 5.77. The molecule has 0 saturated heterocycles. The van der Waals surface area contributed by atoms with Crippen LogP contribution in [0.25, 0.3) is 10.8 Å². The van der Waals surface area contributed by atoms with Crippen LogP contribution < -0.4 is 11.1 Å². The molecular weight excluding hydrogens is 252 g/mol. The van der Waals surface area contributed by atoms with Crippen molar-refractivity contribution in [2.24, 2.45) is 0 Å². The average Bonchev–Trinajstić information content (AvgIpc) is 2.48. The molecule has 5 nitrogen and oxygen atoms in total. The third-order valence-electron chi connectivity index (χ3n) is 3.45. The molecule has 2 rings (SSSR count). The Labute approximate surface area is 118 Å². The zero-order chi connectivity index (χ0) is 14.7. The maximum atomic E-state index is 12.1. The van der Waals surface area contributed by atoms with E-state index in [2.05, 4.69) is 10.3 Å². The lowest BCUT2D eigenvalue weighted by atomic mass is 10.1. The molecule has 0 radical (unpaired) electrons. The summed E-state index contributed by atoms with van der Waals surface area (Å²) in [6, 6.07) is 5.39. The number of carbonyl (C=O) groups excluding carboxylic acids is 1. The van der Waals surface area contributed by atoms with E-state index in [4.69, 9.17) is 5.73 Å². The molecule has 0 fully saturated rings. The largest absolute Gasteiger partial charge is 0.397 e. The maximum Gasteiger partial charge on any atom is 0.244 e. The van der Waals surface area contributed by atoms with Gasteiger partial charge in [-0.25, -0.2) is 0 Å². The van der Waals surface area contributed by atoms with Crippen molar-refractivity contribution in [3.05, 3.63) is 30.6 Å². The van der Waals surface area contributed by atoms with Crippen LogP contribution in [0.4, 0.5) is 11.4 Å². The lowest BCUT2D eigenvalue weighted by Gasteiger charge is -2.22. The number of aromatic nitrogens is 1. The molecule has 1 amide bonds. The van der Waals surface area contributed by atoms with Crippen LogP contribution in [-0.2, 0) is 4.79 Å². The van der Waals surface area contributed by atoms with Crippen LogP contribution >= 0.6 is 0 Å². The number of nitrogens with zero attached hydrogens (tertiary/aromatic N) is 2. The molecule has 1 aromatic heterocycles. The summed E-state index contributed by atoms with van der Waals surface area (Å²) < 4.78 is 0. The van der Waals surface area contributed by atoms with E-state index in [1.54, 1.807) is 24.3 Å². The fourth-order valence-electron chi connectivity index (χ4n) is 2.10. The normalized spacial score (nSPS) is 12.2. The van der Waals surface area contributed by atoms with Gasteiger partial charge in [-0.3, -0.25) is 9.78 Å². The van der Waals surface area contributed by atoms with Gasteiger partial charge in [-0.15, -0.1) is 0 Å². The topological polar surface area (TPSA) is 71.2 Å². The van der Waals surface area contributed by atoms with Crippen LogP contribution in [0.3, 0.4) is 0 Å². The van der Waals surface area contributed by atoms with Crippen LogP contribution in [0.5, 0.6) is 0 Å². The first-order valence-corrected chi connectivity index (χ1v) is 6.68. The monoisotopic (exact) mass is 272 g/mol. The Morgan fingerprint density at radius 3 is 2.90 bits per heavy atom. The summed E-state index contributed by atoms with van der Waals surface area (Å²) in [4.78, 5) is 17.8. The van der Waals surface area contributed by atoms with Gasteiger partial charge in [-0.2, -0.15) is 0 Å². The Hall–Kier alpha value is -2.30. The van der Waals surface area contributed by atoms with Crippen LogP contribution in [0.15, 0.2) is 30.6 Å². The van der Waals surface area contributed by atoms with Gasteiger partial charge < -0.3 is 16.0 Å². The molecule has 1 aromatic carbocycles. The number of rotatable bonds is 4. The van der Waals surface area contributed by atoms with Crippen molar-refractivity contribution >= 4 is 28.1 Å². The predicted molar refractivity (Wildman–Crippen MR) is 82.6 cm³/mol. The van der Waals surface area contributed by atoms with Crippen molar-refractivity contribution in [2.45, 2.75) is 19.9 Å². The summed E-state index contributed by atoms with van der Waals surface area (Å²) in [5.74, 6) is 0.0433. The summed E-state index contributed by atoms with van der Waals surface area (Å²) in [6.45, 7) is 4.47. The number of benzene rings is 1. The third kappa shape index (κ3) is 2.66. The molecule has 0 aliphatic heterocycles. The van der Waals surface area contributed by atoms with Crippen molar-refractivity contribution in [3.8, 4) is 0 Å². The van der Waals surface area contributed by atoms with Gasteiger partial charge in [0.1, 0.15) is 6.04 Å². The van der Waals surface area contributed by atoms with Crippen LogP contribution in [-0.4, -0.2) is 35.4 Å². The first-order chi connectivity index (χ1) is 9.54. The standard InChI is InChI=1S/C15H20N4O/c1-4-19(3)15(20)10(2)18-13-6-5-11-9-17-8-7-12(11)14(13)16/h5-10,18H,4,16H2,1-3H3. The molecule has 0 spiro atoms. The van der Waals surface area contributed by atoms with Gasteiger partial charge in [0.25, 0.3) is 0 Å². The van der Waals surface area contributed by atoms with E-state index in [9.17, 15) is 4.79 Å². The average molecular weight is 272 g/mol. The highest BCUT2D eigenvalue weighted by atomic mass is 16.2. The highest BCUT2D eigenvalue weighted by Crippen LogP contribution is 2.28. The number of hydrogen-bond donors (Lipinski definition) is 2. The van der Waals surface area contributed by atoms with Gasteiger partial charge in [-0.1, -0.05) is 6.07 Å². The fourth-order valence-corrected chi connectivity index (χ4v) is 2.10. The summed E-state index contributed by atoms with van der Waals surface area (Å²) in [6.07, 6.45) is 3.48. The number of likely N-dealkylation sites (N-methyl/N-ethyl adjacent to an activating group) is 1. The number of fused-ring (bicyclic) bond motifs is 1. The number of nitrogen functional groups attached to an aromatic ring is 1. The Morgan fingerprint density at radius 2 is 2.20 bits per heavy atom. The van der Waals surface area contributed by atoms with Gasteiger partial charge in [0, 0.05) is 36.8 Å². The smallest absolute Gasteiger partial charge is 0.244 e. The molecule has 1 heterocycles. The van der Waals surface area contributed by atoms with Crippen molar-refractivity contribution in [3.63, 3.8) is 0 Å². The van der Waals surface area contributed by atoms with E-state index in [0.29, 0.717) is 12.2 Å². The van der Waals surface area contributed by atoms with E-state index in [-0.39, 0.29) is 11.9 Å². The number of nitrogens with one attached hydrogen (secondary N) is 1. The molecule has 2 aromatic rings. The molecule has 0 bridgehead atoms. The highest BCUT2D eigenvalue weighted by Gasteiger charge is 2.17. The SMILES string of the molecule is CCN(C)C(=O)C(C)Nc1ccc2cnccc2c1N. The second-order valence-electron chi connectivity index (χ2n) is 4.84. The van der Waals surface area contributed by atoms with E-state index >= 15 is 0 Å². The van der Waals surface area contributed by atoms with Gasteiger partial charge in [0.15, 0.2) is 0 Å². The summed E-state index contributed by atoms with van der Waals surface area (Å²) in [7, 11) is 1.79. The zero-order valence-corrected chi connectivity index (χ0v) is 12.1. The maximum absolute atomic E-state index is 12.1. The first-order valence-electron chi connectivity index (χ1n) is 6.68. The molecule has 5 heteroatoms. The van der Waals surface area contributed by atoms with Gasteiger partial charge in [0.2, 0.25) is 5.91 Å². The number of pyridine rings is 1. The van der Waals surface area contributed by atoms with E-state index in [1.807, 2.05) is 32.0 Å². The minimum atomic E-state index is -0.318. The molecule has 1 unspecified atom stereocenters. The van der Waals surface area contributed by atoms with E-state index in [1.165, 1.54) is 0 Å². The number of hydrogen-bond acceptors (Lipinski definition) is 4. The molecule has 106 valence electrons. The zero-order valence-electron chi connectivity index (χ0n) is 12.1. The summed E-state index contributed by atoms with van der Waals surface area (Å²) >= 11 is 0. The third-order valence-corrected chi connectivity index (χ3v) is 3.45. The Kier molecular flexibility index (Phi) is 4.08. The van der Waals surface area contributed by atoms with Crippen LogP contribution in [0.1, 0.15) is 13.8 Å². The minimum absolute atomic E-state index is 0.0433. The summed E-state index contributed by atoms with van der Waals surface area (Å²) in [5, 5.41) is 5.11. The molecule has 3 N–H and O–H groups in total. The van der Waals surface area contributed by atoms with Crippen molar-refractivity contribution in [2.75, 3.05) is 24.6 Å². The van der Waals surface area contributed by atoms with Crippen LogP contribution in [0, 0.1) is 0 Å². The Balaban J connectivity index is 2.26. The Bertz CT molecular complexity index is 626. The molecule has 0 aliphatic carbocycles. The molecule has 0 saturated carbocycles. The molecular formula is C15H20N4O. The lowest BCUT2D eigenvalue weighted by molar-refractivity contribution is -0.130. The van der Waals surface area contributed by atoms with Crippen molar-refractivity contribution in [1.82, 2.24) is 9.88 Å². The molecule has 1 atom stereocenters. The number of anilines is 2. The fraction of sp³-hybridized carbons (Fsp3) is 0.333. The minimum Gasteiger partial charge on any atom is -0.397 e. The van der Waals surface area contributed by atoms with Gasteiger partial charge in [-0.05, 0) is 26.0 Å². The van der Waals surface area contributed by atoms with E-state index in [0.717, 1.165) is 16.5 Å². The number of nitrogens with two attached hydrogens (primary N) is 1. The summed E-state index contributed by atoms with van der Waals surface area (Å²) in [5.41, 5.74) is 7.58. The molecule has 20 heavy (non-hydrogen) atoms.